The standard InChI is InChI=1S/C22H37N5O/c1-5-23-22(25(4)18-21(28)27(6-2)7-3)24-14-10-15-26-16-13-19-11-8-9-12-20(19)17-26/h8-9,11-12H,5-7,10,13-18H2,1-4H3,(H,23,24). The lowest BCUT2D eigenvalue weighted by molar-refractivity contribution is -0.131. The van der Waals surface area contributed by atoms with Gasteiger partial charge in [0.1, 0.15) is 0 Å². The zero-order valence-corrected chi connectivity index (χ0v) is 18.1. The molecule has 1 N–H and O–H groups in total. The van der Waals surface area contributed by atoms with Crippen molar-refractivity contribution in [3.8, 4) is 0 Å². The van der Waals surface area contributed by atoms with Crippen LogP contribution < -0.4 is 5.32 Å². The van der Waals surface area contributed by atoms with E-state index < -0.39 is 0 Å². The van der Waals surface area contributed by atoms with Crippen molar-refractivity contribution in [1.82, 2.24) is 20.0 Å². The fourth-order valence-electron chi connectivity index (χ4n) is 3.65. The first-order chi connectivity index (χ1) is 13.6. The van der Waals surface area contributed by atoms with E-state index in [9.17, 15) is 4.79 Å². The Morgan fingerprint density at radius 2 is 1.89 bits per heavy atom. The minimum Gasteiger partial charge on any atom is -0.357 e. The third-order valence-electron chi connectivity index (χ3n) is 5.29. The second-order valence-corrected chi connectivity index (χ2v) is 7.31. The Morgan fingerprint density at radius 3 is 2.57 bits per heavy atom. The van der Waals surface area contributed by atoms with E-state index in [4.69, 9.17) is 4.99 Å². The Hall–Kier alpha value is -2.08. The third-order valence-corrected chi connectivity index (χ3v) is 5.29. The smallest absolute Gasteiger partial charge is 0.242 e. The highest BCUT2D eigenvalue weighted by Crippen LogP contribution is 2.18. The monoisotopic (exact) mass is 387 g/mol. The summed E-state index contributed by atoms with van der Waals surface area (Å²) in [6.45, 7) is 12.7. The summed E-state index contributed by atoms with van der Waals surface area (Å²) in [5, 5.41) is 3.31. The first kappa shape index (κ1) is 22.2. The van der Waals surface area contributed by atoms with Gasteiger partial charge in [-0.15, -0.1) is 0 Å². The maximum absolute atomic E-state index is 12.4. The van der Waals surface area contributed by atoms with Gasteiger partial charge in [0.05, 0.1) is 6.54 Å². The van der Waals surface area contributed by atoms with Crippen molar-refractivity contribution >= 4 is 11.9 Å². The summed E-state index contributed by atoms with van der Waals surface area (Å²) in [5.41, 5.74) is 2.95. The molecule has 1 aliphatic heterocycles. The van der Waals surface area contributed by atoms with Crippen LogP contribution in [0.5, 0.6) is 0 Å². The predicted molar refractivity (Wildman–Crippen MR) is 117 cm³/mol. The molecule has 28 heavy (non-hydrogen) atoms. The Kier molecular flexibility index (Phi) is 9.28. The minimum atomic E-state index is 0.144. The van der Waals surface area contributed by atoms with Crippen molar-refractivity contribution in [3.63, 3.8) is 0 Å². The molecule has 6 heteroatoms. The molecule has 0 radical (unpaired) electrons. The third kappa shape index (κ3) is 6.51. The van der Waals surface area contributed by atoms with Crippen LogP contribution in [-0.2, 0) is 17.8 Å². The van der Waals surface area contributed by atoms with Crippen LogP contribution in [0, 0.1) is 0 Å². The number of carbonyl (C=O) groups is 1. The molecule has 6 nitrogen and oxygen atoms in total. The number of aliphatic imine (C=N–C) groups is 1. The van der Waals surface area contributed by atoms with Gasteiger partial charge in [-0.1, -0.05) is 24.3 Å². The van der Waals surface area contributed by atoms with Crippen LogP contribution in [0.3, 0.4) is 0 Å². The molecular weight excluding hydrogens is 350 g/mol. The highest BCUT2D eigenvalue weighted by Gasteiger charge is 2.16. The number of hydrogen-bond acceptors (Lipinski definition) is 3. The second-order valence-electron chi connectivity index (χ2n) is 7.31. The molecular formula is C22H37N5O. The van der Waals surface area contributed by atoms with E-state index in [0.29, 0.717) is 6.54 Å². The lowest BCUT2D eigenvalue weighted by Crippen LogP contribution is -2.45. The van der Waals surface area contributed by atoms with Crippen LogP contribution >= 0.6 is 0 Å². The average Bonchev–Trinajstić information content (AvgIpc) is 2.71. The molecule has 0 aromatic heterocycles. The number of likely N-dealkylation sites (N-methyl/N-ethyl adjacent to an activating group) is 2. The van der Waals surface area contributed by atoms with Crippen LogP contribution in [-0.4, -0.2) is 79.4 Å². The molecule has 1 heterocycles. The fourth-order valence-corrected chi connectivity index (χ4v) is 3.65. The zero-order valence-electron chi connectivity index (χ0n) is 18.1. The molecule has 1 amide bonds. The molecule has 0 atom stereocenters. The van der Waals surface area contributed by atoms with Gasteiger partial charge >= 0.3 is 0 Å². The second kappa shape index (κ2) is 11.7. The van der Waals surface area contributed by atoms with E-state index in [0.717, 1.165) is 64.6 Å². The predicted octanol–water partition coefficient (Wildman–Crippen LogP) is 2.20. The fraction of sp³-hybridized carbons (Fsp3) is 0.636. The number of fused-ring (bicyclic) bond motifs is 1. The minimum absolute atomic E-state index is 0.144. The number of carbonyl (C=O) groups excluding carboxylic acids is 1. The number of hydrogen-bond donors (Lipinski definition) is 1. The first-order valence-corrected chi connectivity index (χ1v) is 10.6. The summed E-state index contributed by atoms with van der Waals surface area (Å²) >= 11 is 0. The average molecular weight is 388 g/mol. The van der Waals surface area contributed by atoms with Gasteiger partial charge in [-0.2, -0.15) is 0 Å². The van der Waals surface area contributed by atoms with Gasteiger partial charge in [0.25, 0.3) is 0 Å². The van der Waals surface area contributed by atoms with Crippen molar-refractivity contribution < 1.29 is 4.79 Å². The van der Waals surface area contributed by atoms with Crippen LogP contribution in [0.2, 0.25) is 0 Å². The highest BCUT2D eigenvalue weighted by atomic mass is 16.2. The lowest BCUT2D eigenvalue weighted by atomic mass is 10.00. The topological polar surface area (TPSA) is 51.2 Å². The number of nitrogens with zero attached hydrogens (tertiary/aromatic N) is 4. The first-order valence-electron chi connectivity index (χ1n) is 10.6. The van der Waals surface area contributed by atoms with E-state index in [1.807, 2.05) is 30.7 Å². The van der Waals surface area contributed by atoms with Gasteiger partial charge in [-0.05, 0) is 44.7 Å². The van der Waals surface area contributed by atoms with Crippen molar-refractivity contribution in [2.45, 2.75) is 40.2 Å². The highest BCUT2D eigenvalue weighted by molar-refractivity contribution is 5.86. The quantitative estimate of drug-likeness (QED) is 0.401. The summed E-state index contributed by atoms with van der Waals surface area (Å²) in [5.74, 6) is 0.956. The molecule has 0 aliphatic carbocycles. The molecule has 0 unspecified atom stereocenters. The van der Waals surface area contributed by atoms with Crippen molar-refractivity contribution in [1.29, 1.82) is 0 Å². The Balaban J connectivity index is 1.81. The van der Waals surface area contributed by atoms with Crippen molar-refractivity contribution in [3.05, 3.63) is 35.4 Å². The molecule has 1 aromatic rings. The molecule has 0 bridgehead atoms. The SMILES string of the molecule is CCNC(=NCCCN1CCc2ccccc2C1)N(C)CC(=O)N(CC)CC. The Labute approximate surface area is 170 Å². The molecule has 156 valence electrons. The Morgan fingerprint density at radius 1 is 1.18 bits per heavy atom. The summed E-state index contributed by atoms with van der Waals surface area (Å²) in [6, 6.07) is 8.75. The van der Waals surface area contributed by atoms with Crippen molar-refractivity contribution in [2.24, 2.45) is 4.99 Å². The van der Waals surface area contributed by atoms with E-state index in [1.54, 1.807) is 0 Å². The number of amides is 1. The van der Waals surface area contributed by atoms with E-state index in [2.05, 4.69) is 41.4 Å². The molecule has 0 saturated heterocycles. The van der Waals surface area contributed by atoms with Gasteiger partial charge in [-0.3, -0.25) is 14.7 Å². The summed E-state index contributed by atoms with van der Waals surface area (Å²) < 4.78 is 0. The number of benzene rings is 1. The van der Waals surface area contributed by atoms with E-state index >= 15 is 0 Å². The largest absolute Gasteiger partial charge is 0.357 e. The summed E-state index contributed by atoms with van der Waals surface area (Å²) in [6.07, 6.45) is 2.16. The van der Waals surface area contributed by atoms with Gasteiger partial charge in [0.2, 0.25) is 5.91 Å². The maximum atomic E-state index is 12.4. The van der Waals surface area contributed by atoms with Gasteiger partial charge < -0.3 is 15.1 Å². The summed E-state index contributed by atoms with van der Waals surface area (Å²) in [7, 11) is 1.93. The molecule has 1 aromatic carbocycles. The zero-order chi connectivity index (χ0) is 20.4. The van der Waals surface area contributed by atoms with Crippen LogP contribution in [0.1, 0.15) is 38.3 Å². The van der Waals surface area contributed by atoms with Gasteiger partial charge in [0, 0.05) is 52.9 Å². The number of nitrogens with one attached hydrogen (secondary N) is 1. The molecule has 1 aliphatic rings. The Bertz CT molecular complexity index is 642. The molecule has 0 spiro atoms. The maximum Gasteiger partial charge on any atom is 0.242 e. The van der Waals surface area contributed by atoms with Gasteiger partial charge in [-0.25, -0.2) is 0 Å². The van der Waals surface area contributed by atoms with Crippen LogP contribution in [0.4, 0.5) is 0 Å². The molecule has 0 fully saturated rings. The van der Waals surface area contributed by atoms with E-state index in [-0.39, 0.29) is 5.91 Å². The normalized spacial score (nSPS) is 14.5. The summed E-state index contributed by atoms with van der Waals surface area (Å²) in [4.78, 5) is 23.4. The molecule has 2 rings (SSSR count). The van der Waals surface area contributed by atoms with Crippen LogP contribution in [0.25, 0.3) is 0 Å². The molecule has 0 saturated carbocycles. The van der Waals surface area contributed by atoms with Gasteiger partial charge in [0.15, 0.2) is 5.96 Å². The van der Waals surface area contributed by atoms with Crippen molar-refractivity contribution in [2.75, 3.05) is 52.9 Å². The number of guanidine groups is 1. The van der Waals surface area contributed by atoms with Crippen LogP contribution in [0.15, 0.2) is 29.3 Å². The van der Waals surface area contributed by atoms with E-state index in [1.165, 1.54) is 11.1 Å². The lowest BCUT2D eigenvalue weighted by Gasteiger charge is -2.28. The number of rotatable bonds is 9.